The van der Waals surface area contributed by atoms with E-state index in [0.29, 0.717) is 6.42 Å². The predicted molar refractivity (Wildman–Crippen MR) is 62.8 cm³/mol. The summed E-state index contributed by atoms with van der Waals surface area (Å²) in [5, 5.41) is 0.132. The third-order valence-electron chi connectivity index (χ3n) is 1.50. The zero-order chi connectivity index (χ0) is 11.9. The third-order valence-corrected chi connectivity index (χ3v) is 2.40. The highest BCUT2D eigenvalue weighted by molar-refractivity contribution is 8.13. The van der Waals surface area contributed by atoms with Crippen molar-refractivity contribution in [2.45, 2.75) is 52.6 Å². The lowest BCUT2D eigenvalue weighted by Crippen LogP contribution is -2.23. The van der Waals surface area contributed by atoms with Gasteiger partial charge in [-0.25, -0.2) is 0 Å². The van der Waals surface area contributed by atoms with Crippen LogP contribution in [-0.4, -0.2) is 22.4 Å². The molecule has 0 amide bonds. The fourth-order valence-corrected chi connectivity index (χ4v) is 1.62. The number of unbranched alkanes of at least 4 members (excludes halogenated alkanes) is 1. The number of hydrogen-bond donors (Lipinski definition) is 0. The fraction of sp³-hybridized carbons (Fsp3) is 0.818. The highest BCUT2D eigenvalue weighted by Crippen LogP contribution is 2.11. The standard InChI is InChI=1S/C11H20O3S/c1-9(12)15-8-6-5-7-10(13)14-11(2,3)4/h5-8H2,1-4H3. The second kappa shape index (κ2) is 6.88. The van der Waals surface area contributed by atoms with Crippen LogP contribution in [0.3, 0.4) is 0 Å². The SMILES string of the molecule is CC(=O)SCCCCC(=O)OC(C)(C)C. The Morgan fingerprint density at radius 1 is 1.20 bits per heavy atom. The molecule has 0 saturated heterocycles. The van der Waals surface area contributed by atoms with Crippen molar-refractivity contribution in [3.63, 3.8) is 0 Å². The molecule has 4 heteroatoms. The van der Waals surface area contributed by atoms with Gasteiger partial charge in [-0.2, -0.15) is 0 Å². The molecule has 3 nitrogen and oxygen atoms in total. The van der Waals surface area contributed by atoms with Crippen LogP contribution in [-0.2, 0) is 14.3 Å². The molecular formula is C11H20O3S. The van der Waals surface area contributed by atoms with E-state index in [4.69, 9.17) is 4.74 Å². The van der Waals surface area contributed by atoms with Crippen LogP contribution in [0.2, 0.25) is 0 Å². The van der Waals surface area contributed by atoms with Crippen LogP contribution in [0.4, 0.5) is 0 Å². The van der Waals surface area contributed by atoms with Crippen molar-refractivity contribution in [1.82, 2.24) is 0 Å². The highest BCUT2D eigenvalue weighted by Gasteiger charge is 2.15. The molecule has 0 saturated carbocycles. The lowest BCUT2D eigenvalue weighted by molar-refractivity contribution is -0.154. The highest BCUT2D eigenvalue weighted by atomic mass is 32.2. The van der Waals surface area contributed by atoms with Gasteiger partial charge >= 0.3 is 5.97 Å². The van der Waals surface area contributed by atoms with Gasteiger partial charge in [-0.1, -0.05) is 11.8 Å². The van der Waals surface area contributed by atoms with Gasteiger partial charge < -0.3 is 4.74 Å². The molecule has 0 N–H and O–H groups in total. The van der Waals surface area contributed by atoms with Gasteiger partial charge in [0.2, 0.25) is 0 Å². The summed E-state index contributed by atoms with van der Waals surface area (Å²) in [5.41, 5.74) is -0.398. The fourth-order valence-electron chi connectivity index (χ4n) is 0.980. The second-order valence-corrected chi connectivity index (χ2v) is 5.66. The topological polar surface area (TPSA) is 43.4 Å². The third kappa shape index (κ3) is 11.4. The summed E-state index contributed by atoms with van der Waals surface area (Å²) in [4.78, 5) is 21.9. The molecule has 0 aromatic carbocycles. The largest absolute Gasteiger partial charge is 0.460 e. The normalized spacial score (nSPS) is 11.2. The molecule has 0 unspecified atom stereocenters. The van der Waals surface area contributed by atoms with Gasteiger partial charge in [-0.05, 0) is 33.6 Å². The summed E-state index contributed by atoms with van der Waals surface area (Å²) in [7, 11) is 0. The molecule has 0 aromatic heterocycles. The summed E-state index contributed by atoms with van der Waals surface area (Å²) in [6.07, 6.45) is 2.11. The van der Waals surface area contributed by atoms with Gasteiger partial charge in [-0.3, -0.25) is 9.59 Å². The Bertz CT molecular complexity index is 218. The number of ether oxygens (including phenoxy) is 1. The quantitative estimate of drug-likeness (QED) is 0.540. The Morgan fingerprint density at radius 2 is 1.80 bits per heavy atom. The zero-order valence-electron chi connectivity index (χ0n) is 9.96. The number of esters is 1. The number of carbonyl (C=O) groups is 2. The van der Waals surface area contributed by atoms with E-state index in [1.54, 1.807) is 6.92 Å². The van der Waals surface area contributed by atoms with Crippen molar-refractivity contribution in [2.75, 3.05) is 5.75 Å². The van der Waals surface area contributed by atoms with Gasteiger partial charge in [0.25, 0.3) is 0 Å². The van der Waals surface area contributed by atoms with Crippen molar-refractivity contribution in [3.05, 3.63) is 0 Å². The molecule has 0 bridgehead atoms. The maximum atomic E-state index is 11.3. The Labute approximate surface area is 95.9 Å². The maximum Gasteiger partial charge on any atom is 0.306 e. The van der Waals surface area contributed by atoms with E-state index < -0.39 is 5.60 Å². The van der Waals surface area contributed by atoms with E-state index in [-0.39, 0.29) is 11.1 Å². The van der Waals surface area contributed by atoms with Crippen LogP contribution in [0, 0.1) is 0 Å². The molecule has 0 atom stereocenters. The zero-order valence-corrected chi connectivity index (χ0v) is 10.8. The first-order valence-electron chi connectivity index (χ1n) is 5.16. The van der Waals surface area contributed by atoms with E-state index in [1.165, 1.54) is 11.8 Å². The van der Waals surface area contributed by atoms with E-state index in [9.17, 15) is 9.59 Å². The van der Waals surface area contributed by atoms with Gasteiger partial charge in [0.15, 0.2) is 5.12 Å². The molecule has 0 aromatic rings. The minimum atomic E-state index is -0.398. The van der Waals surface area contributed by atoms with Crippen molar-refractivity contribution < 1.29 is 14.3 Å². The Morgan fingerprint density at radius 3 is 2.27 bits per heavy atom. The first-order valence-corrected chi connectivity index (χ1v) is 6.15. The van der Waals surface area contributed by atoms with E-state index in [1.807, 2.05) is 20.8 Å². The van der Waals surface area contributed by atoms with Crippen LogP contribution < -0.4 is 0 Å². The van der Waals surface area contributed by atoms with Gasteiger partial charge in [0.1, 0.15) is 5.60 Å². The van der Waals surface area contributed by atoms with Crippen LogP contribution in [0.1, 0.15) is 47.0 Å². The van der Waals surface area contributed by atoms with Crippen LogP contribution in [0.5, 0.6) is 0 Å². The molecule has 0 radical (unpaired) electrons. The Hall–Kier alpha value is -0.510. The minimum absolute atomic E-state index is 0.132. The summed E-state index contributed by atoms with van der Waals surface area (Å²) in [5.74, 6) is 0.633. The van der Waals surface area contributed by atoms with E-state index in [0.717, 1.165) is 18.6 Å². The van der Waals surface area contributed by atoms with Crippen molar-refractivity contribution in [2.24, 2.45) is 0 Å². The van der Waals surface area contributed by atoms with Gasteiger partial charge in [-0.15, -0.1) is 0 Å². The summed E-state index contributed by atoms with van der Waals surface area (Å²) in [6, 6.07) is 0. The number of rotatable bonds is 5. The molecule has 0 rings (SSSR count). The molecule has 88 valence electrons. The summed E-state index contributed by atoms with van der Waals surface area (Å²) >= 11 is 1.31. The predicted octanol–water partition coefficient (Wildman–Crippen LogP) is 2.78. The van der Waals surface area contributed by atoms with E-state index in [2.05, 4.69) is 0 Å². The Kier molecular flexibility index (Phi) is 6.65. The molecule has 0 aliphatic carbocycles. The Balaban J connectivity index is 3.44. The summed E-state index contributed by atoms with van der Waals surface area (Å²) in [6.45, 7) is 7.13. The first-order chi connectivity index (χ1) is 6.81. The monoisotopic (exact) mass is 232 g/mol. The molecule has 0 heterocycles. The smallest absolute Gasteiger partial charge is 0.306 e. The van der Waals surface area contributed by atoms with E-state index >= 15 is 0 Å². The number of hydrogen-bond acceptors (Lipinski definition) is 4. The molecule has 15 heavy (non-hydrogen) atoms. The van der Waals surface area contributed by atoms with Crippen LogP contribution >= 0.6 is 11.8 Å². The lowest BCUT2D eigenvalue weighted by atomic mass is 10.2. The summed E-state index contributed by atoms with van der Waals surface area (Å²) < 4.78 is 5.15. The van der Waals surface area contributed by atoms with Crippen molar-refractivity contribution in [1.29, 1.82) is 0 Å². The van der Waals surface area contributed by atoms with Crippen molar-refractivity contribution in [3.8, 4) is 0 Å². The van der Waals surface area contributed by atoms with Crippen LogP contribution in [0.15, 0.2) is 0 Å². The second-order valence-electron chi connectivity index (χ2n) is 4.38. The van der Waals surface area contributed by atoms with Crippen molar-refractivity contribution >= 4 is 22.8 Å². The molecule has 0 aliphatic rings. The molecule has 0 fully saturated rings. The first kappa shape index (κ1) is 14.5. The average molecular weight is 232 g/mol. The van der Waals surface area contributed by atoms with Crippen LogP contribution in [0.25, 0.3) is 0 Å². The molecular weight excluding hydrogens is 212 g/mol. The number of carbonyl (C=O) groups excluding carboxylic acids is 2. The molecule has 0 spiro atoms. The number of thioether (sulfide) groups is 1. The van der Waals surface area contributed by atoms with Gasteiger partial charge in [0.05, 0.1) is 0 Å². The maximum absolute atomic E-state index is 11.3. The van der Waals surface area contributed by atoms with Gasteiger partial charge in [0, 0.05) is 19.1 Å². The minimum Gasteiger partial charge on any atom is -0.460 e. The average Bonchev–Trinajstić information content (AvgIpc) is 1.99. The molecule has 0 aliphatic heterocycles. The lowest BCUT2D eigenvalue weighted by Gasteiger charge is -2.19.